The van der Waals surface area contributed by atoms with Gasteiger partial charge < -0.3 is 14.4 Å². The Hall–Kier alpha value is -2.29. The van der Waals surface area contributed by atoms with E-state index in [0.29, 0.717) is 35.7 Å². The molecule has 0 spiro atoms. The first-order valence-corrected chi connectivity index (χ1v) is 17.4. The molecule has 0 aromatic heterocycles. The van der Waals surface area contributed by atoms with E-state index in [1.807, 2.05) is 37.3 Å². The number of benzene rings is 2. The Balaban J connectivity index is 1.53. The average Bonchev–Trinajstić information content (AvgIpc) is 2.97. The number of methoxy groups -OCH3 is 1. The minimum Gasteiger partial charge on any atom is -0.487 e. The quantitative estimate of drug-likeness (QED) is 0.408. The van der Waals surface area contributed by atoms with Crippen molar-refractivity contribution in [3.8, 4) is 5.75 Å². The van der Waals surface area contributed by atoms with Crippen LogP contribution in [0.15, 0.2) is 36.4 Å². The first-order chi connectivity index (χ1) is 20.2. The number of halogens is 1. The summed E-state index contributed by atoms with van der Waals surface area (Å²) in [5, 5.41) is 0.0472. The molecule has 2 aromatic carbocycles. The van der Waals surface area contributed by atoms with Crippen LogP contribution in [-0.4, -0.2) is 46.4 Å². The fourth-order valence-corrected chi connectivity index (χ4v) is 8.47. The Morgan fingerprint density at radius 3 is 2.62 bits per heavy atom. The van der Waals surface area contributed by atoms with E-state index in [0.717, 1.165) is 74.5 Å². The molecule has 3 aliphatic rings. The molecular weight excluding hydrogens is 572 g/mol. The highest BCUT2D eigenvalue weighted by Gasteiger charge is 2.38. The molecule has 7 nitrogen and oxygen atoms in total. The molecular formula is C33H45ClN2O5S. The molecule has 4 unspecified atom stereocenters. The van der Waals surface area contributed by atoms with Gasteiger partial charge in [0.1, 0.15) is 12.4 Å². The highest BCUT2D eigenvalue weighted by molar-refractivity contribution is 7.90. The van der Waals surface area contributed by atoms with Crippen LogP contribution in [0.4, 0.5) is 5.69 Å². The SMILES string of the molecule is COC[C@@H]1CCCC(C)C(C)S(=O)(=O)NC(=O)c2ccc3c(c2)N(CCCCc2cc(Cl)ccc2CO3)CC2CCC21. The normalized spacial score (nSPS) is 28.6. The summed E-state index contributed by atoms with van der Waals surface area (Å²) in [5.41, 5.74) is 3.47. The van der Waals surface area contributed by atoms with Gasteiger partial charge in [-0.2, -0.15) is 0 Å². The van der Waals surface area contributed by atoms with Crippen molar-refractivity contribution in [3.05, 3.63) is 58.1 Å². The first kappa shape index (κ1) is 31.1. The number of carbonyl (C=O) groups is 1. The molecule has 1 N–H and O–H groups in total. The minimum atomic E-state index is -3.85. The van der Waals surface area contributed by atoms with E-state index in [4.69, 9.17) is 21.1 Å². The van der Waals surface area contributed by atoms with Crippen molar-refractivity contribution in [2.24, 2.45) is 23.7 Å². The summed E-state index contributed by atoms with van der Waals surface area (Å²) in [6, 6.07) is 11.3. The van der Waals surface area contributed by atoms with Crippen LogP contribution < -0.4 is 14.4 Å². The smallest absolute Gasteiger partial charge is 0.264 e. The zero-order chi connectivity index (χ0) is 29.9. The van der Waals surface area contributed by atoms with Crippen LogP contribution in [0.1, 0.15) is 80.3 Å². The van der Waals surface area contributed by atoms with Crippen LogP contribution in [0, 0.1) is 23.7 Å². The van der Waals surface area contributed by atoms with Gasteiger partial charge in [0.25, 0.3) is 5.91 Å². The highest BCUT2D eigenvalue weighted by atomic mass is 35.5. The van der Waals surface area contributed by atoms with Crippen LogP contribution in [0.25, 0.3) is 0 Å². The number of fused-ring (bicyclic) bond motifs is 3. The van der Waals surface area contributed by atoms with Gasteiger partial charge in [0.05, 0.1) is 10.9 Å². The molecule has 1 aliphatic carbocycles. The molecule has 2 heterocycles. The molecule has 1 amide bonds. The van der Waals surface area contributed by atoms with Crippen molar-refractivity contribution in [1.29, 1.82) is 0 Å². The highest BCUT2D eigenvalue weighted by Crippen LogP contribution is 2.44. The second-order valence-electron chi connectivity index (χ2n) is 12.6. The molecule has 2 aliphatic heterocycles. The van der Waals surface area contributed by atoms with Crippen molar-refractivity contribution < 1.29 is 22.7 Å². The lowest BCUT2D eigenvalue weighted by atomic mass is 9.65. The molecule has 0 saturated heterocycles. The van der Waals surface area contributed by atoms with E-state index in [1.165, 1.54) is 18.4 Å². The number of nitrogens with zero attached hydrogens (tertiary/aromatic N) is 1. The third kappa shape index (κ3) is 7.08. The van der Waals surface area contributed by atoms with E-state index in [2.05, 4.69) is 9.62 Å². The van der Waals surface area contributed by atoms with Crippen molar-refractivity contribution in [1.82, 2.24) is 4.72 Å². The van der Waals surface area contributed by atoms with E-state index in [-0.39, 0.29) is 5.92 Å². The molecule has 5 atom stereocenters. The number of hydrogen-bond acceptors (Lipinski definition) is 6. The van der Waals surface area contributed by atoms with Gasteiger partial charge in [0.15, 0.2) is 0 Å². The number of amides is 1. The maximum atomic E-state index is 13.4. The molecule has 9 heteroatoms. The number of carbonyl (C=O) groups excluding carboxylic acids is 1. The summed E-state index contributed by atoms with van der Waals surface area (Å²) >= 11 is 6.33. The number of sulfonamides is 1. The lowest BCUT2D eigenvalue weighted by Gasteiger charge is -2.45. The second-order valence-corrected chi connectivity index (χ2v) is 15.1. The number of nitrogens with one attached hydrogen (secondary N) is 1. The van der Waals surface area contributed by atoms with Crippen molar-refractivity contribution in [2.45, 2.75) is 77.1 Å². The Bertz CT molecular complexity index is 1370. The van der Waals surface area contributed by atoms with Gasteiger partial charge in [-0.05, 0) is 117 Å². The Labute approximate surface area is 256 Å². The topological polar surface area (TPSA) is 84.9 Å². The lowest BCUT2D eigenvalue weighted by Crippen LogP contribution is -2.43. The third-order valence-corrected chi connectivity index (χ3v) is 12.1. The molecule has 0 radical (unpaired) electrons. The van der Waals surface area contributed by atoms with Gasteiger partial charge >= 0.3 is 0 Å². The van der Waals surface area contributed by atoms with Crippen LogP contribution >= 0.6 is 11.6 Å². The van der Waals surface area contributed by atoms with Gasteiger partial charge in [-0.15, -0.1) is 0 Å². The van der Waals surface area contributed by atoms with E-state index in [1.54, 1.807) is 20.1 Å². The molecule has 2 aromatic rings. The molecule has 230 valence electrons. The minimum absolute atomic E-state index is 0.0716. The molecule has 1 fully saturated rings. The van der Waals surface area contributed by atoms with Crippen molar-refractivity contribution in [3.63, 3.8) is 0 Å². The largest absolute Gasteiger partial charge is 0.487 e. The summed E-state index contributed by atoms with van der Waals surface area (Å²) in [6.07, 6.45) is 8.03. The van der Waals surface area contributed by atoms with Gasteiger partial charge in [-0.25, -0.2) is 13.1 Å². The van der Waals surface area contributed by atoms with Gasteiger partial charge in [-0.1, -0.05) is 31.0 Å². The average molecular weight is 617 g/mol. The van der Waals surface area contributed by atoms with Crippen LogP contribution in [0.3, 0.4) is 0 Å². The third-order valence-electron chi connectivity index (χ3n) is 9.92. The number of aryl methyl sites for hydroxylation is 1. The zero-order valence-corrected chi connectivity index (χ0v) is 26.7. The maximum Gasteiger partial charge on any atom is 0.264 e. The summed E-state index contributed by atoms with van der Waals surface area (Å²) < 4.78 is 41.0. The van der Waals surface area contributed by atoms with E-state index >= 15 is 0 Å². The Morgan fingerprint density at radius 1 is 1.02 bits per heavy atom. The summed E-state index contributed by atoms with van der Waals surface area (Å²) in [7, 11) is -2.07. The second kappa shape index (κ2) is 13.6. The fourth-order valence-electron chi connectivity index (χ4n) is 6.96. The number of hydrogen-bond donors (Lipinski definition) is 1. The fraction of sp³-hybridized carbons (Fsp3) is 0.606. The van der Waals surface area contributed by atoms with Crippen molar-refractivity contribution >= 4 is 33.2 Å². The summed E-state index contributed by atoms with van der Waals surface area (Å²) in [4.78, 5) is 15.7. The monoisotopic (exact) mass is 616 g/mol. The summed E-state index contributed by atoms with van der Waals surface area (Å²) in [5.74, 6) is 1.57. The van der Waals surface area contributed by atoms with Gasteiger partial charge in [-0.3, -0.25) is 4.79 Å². The Morgan fingerprint density at radius 2 is 1.86 bits per heavy atom. The number of anilines is 1. The molecule has 42 heavy (non-hydrogen) atoms. The van der Waals surface area contributed by atoms with Gasteiger partial charge in [0, 0.05) is 37.4 Å². The number of ether oxygens (including phenoxy) is 2. The molecule has 5 rings (SSSR count). The van der Waals surface area contributed by atoms with E-state index in [9.17, 15) is 13.2 Å². The van der Waals surface area contributed by atoms with Crippen molar-refractivity contribution in [2.75, 3.05) is 31.7 Å². The predicted octanol–water partition coefficient (Wildman–Crippen LogP) is 6.62. The van der Waals surface area contributed by atoms with Gasteiger partial charge in [0.2, 0.25) is 10.0 Å². The van der Waals surface area contributed by atoms with Crippen LogP contribution in [0.2, 0.25) is 5.02 Å². The van der Waals surface area contributed by atoms with E-state index < -0.39 is 21.2 Å². The zero-order valence-electron chi connectivity index (χ0n) is 25.1. The van der Waals surface area contributed by atoms with Crippen LogP contribution in [-0.2, 0) is 27.8 Å². The lowest BCUT2D eigenvalue weighted by molar-refractivity contribution is 0.0387. The predicted molar refractivity (Wildman–Crippen MR) is 168 cm³/mol. The maximum absolute atomic E-state index is 13.4. The Kier molecular flexibility index (Phi) is 10.1. The number of rotatable bonds is 2. The molecule has 1 saturated carbocycles. The van der Waals surface area contributed by atoms with Crippen LogP contribution in [0.5, 0.6) is 5.75 Å². The standard InChI is InChI=1S/C33H45ClN2O5S/c1-22-7-6-9-28(20-40-3)30-14-11-26(30)19-36-16-5-4-8-24-17-29(34)13-10-27(24)21-41-32-15-12-25(18-31(32)36)33(37)35-42(38,39)23(22)2/h10,12-13,15,17-18,22-23,26,28,30H,4-9,11,14,16,19-21H2,1-3H3,(H,35,37)/t22?,23?,26?,28-,30?/m0/s1. The molecule has 2 bridgehead atoms. The summed E-state index contributed by atoms with van der Waals surface area (Å²) in [6.45, 7) is 6.48. The first-order valence-electron chi connectivity index (χ1n) is 15.5.